The van der Waals surface area contributed by atoms with E-state index in [1.807, 2.05) is 7.05 Å². The largest absolute Gasteiger partial charge is 0.355 e. The van der Waals surface area contributed by atoms with Gasteiger partial charge in [0, 0.05) is 32.2 Å². The van der Waals surface area contributed by atoms with Crippen LogP contribution in [0.2, 0.25) is 0 Å². The van der Waals surface area contributed by atoms with E-state index >= 15 is 0 Å². The van der Waals surface area contributed by atoms with Gasteiger partial charge in [-0.05, 0) is 58.8 Å². The van der Waals surface area contributed by atoms with Crippen molar-refractivity contribution < 1.29 is 0 Å². The molecule has 0 amide bonds. The van der Waals surface area contributed by atoms with Gasteiger partial charge in [-0.25, -0.2) is 0 Å². The van der Waals surface area contributed by atoms with Crippen molar-refractivity contribution in [3.8, 4) is 0 Å². The highest BCUT2D eigenvalue weighted by molar-refractivity contribution is 5.79. The minimum absolute atomic E-state index is 0.461. The fourth-order valence-corrected chi connectivity index (χ4v) is 3.02. The lowest BCUT2D eigenvalue weighted by molar-refractivity contribution is 0.281. The number of guanidine groups is 1. The number of nitrogens with one attached hydrogen (secondary N) is 2. The molecular formula is C18H39N5. The van der Waals surface area contributed by atoms with Crippen LogP contribution in [0.3, 0.4) is 0 Å². The highest BCUT2D eigenvalue weighted by Gasteiger charge is 2.27. The lowest BCUT2D eigenvalue weighted by atomic mass is 10.2. The summed E-state index contributed by atoms with van der Waals surface area (Å²) in [7, 11) is 1.86. The van der Waals surface area contributed by atoms with E-state index in [4.69, 9.17) is 0 Å². The number of nitrogens with zero attached hydrogens (tertiary/aromatic N) is 3. The van der Waals surface area contributed by atoms with Crippen molar-refractivity contribution in [2.75, 3.05) is 46.3 Å². The van der Waals surface area contributed by atoms with Gasteiger partial charge in [0.2, 0.25) is 0 Å². The Labute approximate surface area is 143 Å². The van der Waals surface area contributed by atoms with Crippen LogP contribution in [0, 0.1) is 0 Å². The second-order valence-electron chi connectivity index (χ2n) is 6.57. The summed E-state index contributed by atoms with van der Waals surface area (Å²) in [5.41, 5.74) is 0. The molecule has 1 rings (SSSR count). The summed E-state index contributed by atoms with van der Waals surface area (Å²) in [6, 6.07) is 1.30. The van der Waals surface area contributed by atoms with Gasteiger partial charge in [0.15, 0.2) is 5.96 Å². The van der Waals surface area contributed by atoms with E-state index in [2.05, 4.69) is 53.1 Å². The van der Waals surface area contributed by atoms with Crippen molar-refractivity contribution >= 4 is 5.96 Å². The lowest BCUT2D eigenvalue weighted by Crippen LogP contribution is -2.45. The van der Waals surface area contributed by atoms with Crippen LogP contribution in [0.25, 0.3) is 0 Å². The van der Waals surface area contributed by atoms with Crippen LogP contribution in [0.15, 0.2) is 4.99 Å². The first-order valence-corrected chi connectivity index (χ1v) is 9.58. The van der Waals surface area contributed by atoms with E-state index < -0.39 is 0 Å². The van der Waals surface area contributed by atoms with E-state index in [1.165, 1.54) is 32.2 Å². The molecule has 1 atom stereocenters. The predicted octanol–water partition coefficient (Wildman–Crippen LogP) is 2.15. The van der Waals surface area contributed by atoms with E-state index in [0.717, 1.165) is 44.7 Å². The average Bonchev–Trinajstić information content (AvgIpc) is 3.39. The summed E-state index contributed by atoms with van der Waals surface area (Å²) in [6.45, 7) is 15.7. The molecule has 0 aliphatic heterocycles. The van der Waals surface area contributed by atoms with Crippen molar-refractivity contribution in [3.05, 3.63) is 0 Å². The van der Waals surface area contributed by atoms with Gasteiger partial charge in [-0.1, -0.05) is 20.8 Å². The van der Waals surface area contributed by atoms with Gasteiger partial charge in [-0.3, -0.25) is 9.89 Å². The summed E-state index contributed by atoms with van der Waals surface area (Å²) >= 11 is 0. The first kappa shape index (κ1) is 20.2. The molecule has 2 N–H and O–H groups in total. The molecule has 1 aliphatic carbocycles. The van der Waals surface area contributed by atoms with Crippen molar-refractivity contribution in [2.45, 2.75) is 65.5 Å². The molecule has 1 aliphatic rings. The third-order valence-corrected chi connectivity index (χ3v) is 4.77. The summed E-state index contributed by atoms with van der Waals surface area (Å²) in [4.78, 5) is 9.40. The Balaban J connectivity index is 2.16. The molecule has 1 fully saturated rings. The number of hydrogen-bond acceptors (Lipinski definition) is 3. The highest BCUT2D eigenvalue weighted by Crippen LogP contribution is 2.25. The summed E-state index contributed by atoms with van der Waals surface area (Å²) in [6.07, 6.45) is 5.17. The molecule has 1 saturated carbocycles. The minimum Gasteiger partial charge on any atom is -0.355 e. The monoisotopic (exact) mass is 325 g/mol. The van der Waals surface area contributed by atoms with Gasteiger partial charge in [-0.15, -0.1) is 0 Å². The quantitative estimate of drug-likeness (QED) is 0.426. The Morgan fingerprint density at radius 3 is 2.35 bits per heavy atom. The van der Waals surface area contributed by atoms with Crippen LogP contribution in [0.1, 0.15) is 53.4 Å². The Hall–Kier alpha value is -0.810. The van der Waals surface area contributed by atoms with Gasteiger partial charge >= 0.3 is 0 Å². The summed E-state index contributed by atoms with van der Waals surface area (Å²) < 4.78 is 0. The van der Waals surface area contributed by atoms with Gasteiger partial charge in [-0.2, -0.15) is 0 Å². The second kappa shape index (κ2) is 11.7. The van der Waals surface area contributed by atoms with Gasteiger partial charge < -0.3 is 15.5 Å². The molecule has 0 bridgehead atoms. The van der Waals surface area contributed by atoms with Crippen LogP contribution in [-0.2, 0) is 0 Å². The third kappa shape index (κ3) is 8.56. The topological polar surface area (TPSA) is 42.9 Å². The van der Waals surface area contributed by atoms with Crippen LogP contribution >= 0.6 is 0 Å². The average molecular weight is 326 g/mol. The molecule has 0 aromatic carbocycles. The Morgan fingerprint density at radius 1 is 1.13 bits per heavy atom. The molecule has 5 heteroatoms. The Morgan fingerprint density at radius 2 is 1.83 bits per heavy atom. The SMILES string of the molecule is CCN(CC)CCCC(C)NC(=NC)NCCN(CC)C1CC1. The normalized spacial score (nSPS) is 16.9. The zero-order valence-corrected chi connectivity index (χ0v) is 16.1. The first-order valence-electron chi connectivity index (χ1n) is 9.58. The number of hydrogen-bond donors (Lipinski definition) is 2. The Bertz CT molecular complexity index is 323. The first-order chi connectivity index (χ1) is 11.1. The van der Waals surface area contributed by atoms with Crippen molar-refractivity contribution in [3.63, 3.8) is 0 Å². The molecule has 0 aromatic rings. The summed E-state index contributed by atoms with van der Waals surface area (Å²) in [5.74, 6) is 0.937. The molecule has 0 aromatic heterocycles. The number of rotatable bonds is 12. The van der Waals surface area contributed by atoms with E-state index in [0.29, 0.717) is 6.04 Å². The zero-order chi connectivity index (χ0) is 17.1. The lowest BCUT2D eigenvalue weighted by Gasteiger charge is -2.23. The number of likely N-dealkylation sites (N-methyl/N-ethyl adjacent to an activating group) is 1. The van der Waals surface area contributed by atoms with Gasteiger partial charge in [0.25, 0.3) is 0 Å². The maximum absolute atomic E-state index is 4.35. The van der Waals surface area contributed by atoms with Crippen LogP contribution < -0.4 is 10.6 Å². The van der Waals surface area contributed by atoms with Crippen molar-refractivity contribution in [2.24, 2.45) is 4.99 Å². The molecule has 0 spiro atoms. The molecule has 0 saturated heterocycles. The smallest absolute Gasteiger partial charge is 0.191 e. The maximum atomic E-state index is 4.35. The van der Waals surface area contributed by atoms with Crippen LogP contribution in [0.4, 0.5) is 0 Å². The molecule has 1 unspecified atom stereocenters. The Kier molecular flexibility index (Phi) is 10.3. The van der Waals surface area contributed by atoms with Gasteiger partial charge in [0.1, 0.15) is 0 Å². The molecule has 0 heterocycles. The predicted molar refractivity (Wildman–Crippen MR) is 101 cm³/mol. The molecular weight excluding hydrogens is 286 g/mol. The third-order valence-electron chi connectivity index (χ3n) is 4.77. The minimum atomic E-state index is 0.461. The standard InChI is InChI=1S/C18H39N5/c1-6-22(7-2)14-9-10-16(4)21-18(19-5)20-13-15-23(8-3)17-11-12-17/h16-17H,6-15H2,1-5H3,(H2,19,20,21). The molecule has 136 valence electrons. The van der Waals surface area contributed by atoms with Crippen molar-refractivity contribution in [1.29, 1.82) is 0 Å². The molecule has 0 radical (unpaired) electrons. The van der Waals surface area contributed by atoms with Crippen LogP contribution in [0.5, 0.6) is 0 Å². The zero-order valence-electron chi connectivity index (χ0n) is 16.1. The second-order valence-corrected chi connectivity index (χ2v) is 6.57. The molecule has 23 heavy (non-hydrogen) atoms. The fraction of sp³-hybridized carbons (Fsp3) is 0.944. The van der Waals surface area contributed by atoms with E-state index in [-0.39, 0.29) is 0 Å². The van der Waals surface area contributed by atoms with Crippen molar-refractivity contribution in [1.82, 2.24) is 20.4 Å². The number of aliphatic imine (C=N–C) groups is 1. The molecule has 5 nitrogen and oxygen atoms in total. The fourth-order valence-electron chi connectivity index (χ4n) is 3.02. The van der Waals surface area contributed by atoms with E-state index in [1.54, 1.807) is 0 Å². The van der Waals surface area contributed by atoms with E-state index in [9.17, 15) is 0 Å². The highest BCUT2D eigenvalue weighted by atomic mass is 15.2. The summed E-state index contributed by atoms with van der Waals surface area (Å²) in [5, 5.41) is 6.97. The maximum Gasteiger partial charge on any atom is 0.191 e. The van der Waals surface area contributed by atoms with Crippen LogP contribution in [-0.4, -0.2) is 74.2 Å². The van der Waals surface area contributed by atoms with Gasteiger partial charge in [0.05, 0.1) is 0 Å².